The van der Waals surface area contributed by atoms with Crippen LogP contribution in [0.4, 0.5) is 0 Å². The Kier molecular flexibility index (Phi) is 6.05. The monoisotopic (exact) mass is 173 g/mol. The van der Waals surface area contributed by atoms with Gasteiger partial charge in [-0.2, -0.15) is 0 Å². The predicted octanol–water partition coefficient (Wildman–Crippen LogP) is 1.35. The second kappa shape index (κ2) is 6.64. The van der Waals surface area contributed by atoms with Gasteiger partial charge in [0.1, 0.15) is 6.10 Å². The van der Waals surface area contributed by atoms with E-state index in [1.165, 1.54) is 0 Å². The van der Waals surface area contributed by atoms with E-state index in [9.17, 15) is 4.79 Å². The Bertz CT molecular complexity index is 156. The predicted molar refractivity (Wildman–Crippen MR) is 46.0 cm³/mol. The number of hydrogen-bond donors (Lipinski definition) is 0. The quantitative estimate of drug-likeness (QED) is 0.358. The van der Waals surface area contributed by atoms with Crippen molar-refractivity contribution in [3.63, 3.8) is 0 Å². The number of hydrogen-bond acceptors (Lipinski definition) is 4. The minimum atomic E-state index is -0.471. The lowest BCUT2D eigenvalue weighted by Crippen LogP contribution is -2.07. The zero-order valence-corrected chi connectivity index (χ0v) is 7.74. The molecule has 0 amide bonds. The van der Waals surface area contributed by atoms with Gasteiger partial charge in [-0.05, 0) is 20.3 Å². The molecule has 0 N–H and O–H groups in total. The highest BCUT2D eigenvalue weighted by Gasteiger charge is 1.97. The maximum Gasteiger partial charge on any atom is 0.352 e. The Labute approximate surface area is 72.5 Å². The van der Waals surface area contributed by atoms with Crippen molar-refractivity contribution in [1.82, 2.24) is 0 Å². The molecule has 0 aromatic rings. The molecule has 0 spiro atoms. The maximum atomic E-state index is 10.7. The van der Waals surface area contributed by atoms with E-state index in [2.05, 4.69) is 9.89 Å². The number of rotatable bonds is 5. The van der Waals surface area contributed by atoms with Gasteiger partial charge in [-0.25, -0.2) is 4.79 Å². The molecule has 0 saturated carbocycles. The van der Waals surface area contributed by atoms with Crippen molar-refractivity contribution in [2.45, 2.75) is 33.3 Å². The van der Waals surface area contributed by atoms with Crippen LogP contribution in [0.25, 0.3) is 0 Å². The van der Waals surface area contributed by atoms with Crippen molar-refractivity contribution in [1.29, 1.82) is 0 Å². The first-order valence-corrected chi connectivity index (χ1v) is 4.06. The summed E-state index contributed by atoms with van der Waals surface area (Å²) in [5.41, 5.74) is 0. The summed E-state index contributed by atoms with van der Waals surface area (Å²) in [4.78, 5) is 15.5. The molecule has 4 nitrogen and oxygen atoms in total. The van der Waals surface area contributed by atoms with Gasteiger partial charge in [-0.1, -0.05) is 12.1 Å². The summed E-state index contributed by atoms with van der Waals surface area (Å²) in [7, 11) is 0. The Hall–Kier alpha value is -1.06. The van der Waals surface area contributed by atoms with Crippen molar-refractivity contribution in [3.05, 3.63) is 0 Å². The first-order chi connectivity index (χ1) is 5.70. The number of carbonyl (C=O) groups excluding carboxylic acids is 1. The molecule has 1 unspecified atom stereocenters. The molecule has 70 valence electrons. The Morgan fingerprint density at radius 2 is 2.25 bits per heavy atom. The maximum absolute atomic E-state index is 10.7. The van der Waals surface area contributed by atoms with Gasteiger partial charge in [0.2, 0.25) is 0 Å². The van der Waals surface area contributed by atoms with Gasteiger partial charge >= 0.3 is 5.97 Å². The van der Waals surface area contributed by atoms with Crippen molar-refractivity contribution in [2.24, 2.45) is 5.16 Å². The fraction of sp³-hybridized carbons (Fsp3) is 0.750. The molecule has 0 fully saturated rings. The summed E-state index contributed by atoms with van der Waals surface area (Å²) in [5.74, 6) is -0.471. The molecule has 0 aliphatic carbocycles. The van der Waals surface area contributed by atoms with Crippen molar-refractivity contribution >= 4 is 12.2 Å². The molecule has 0 rings (SSSR count). The van der Waals surface area contributed by atoms with E-state index >= 15 is 0 Å². The fourth-order valence-corrected chi connectivity index (χ4v) is 0.431. The van der Waals surface area contributed by atoms with Gasteiger partial charge in [0.25, 0.3) is 0 Å². The molecule has 12 heavy (non-hydrogen) atoms. The summed E-state index contributed by atoms with van der Waals surface area (Å²) in [5, 5.41) is 3.46. The summed E-state index contributed by atoms with van der Waals surface area (Å²) < 4.78 is 4.59. The van der Waals surface area contributed by atoms with Crippen LogP contribution in [0.2, 0.25) is 0 Å². The van der Waals surface area contributed by atoms with Gasteiger partial charge in [0.15, 0.2) is 6.21 Å². The third-order valence-electron chi connectivity index (χ3n) is 1.26. The molecule has 0 aliphatic rings. The zero-order chi connectivity index (χ0) is 9.40. The fourth-order valence-electron chi connectivity index (χ4n) is 0.431. The van der Waals surface area contributed by atoms with E-state index in [1.54, 1.807) is 6.92 Å². The number of ether oxygens (including phenoxy) is 1. The van der Waals surface area contributed by atoms with Crippen LogP contribution in [0.5, 0.6) is 0 Å². The molecule has 0 saturated heterocycles. The van der Waals surface area contributed by atoms with Crippen LogP contribution in [-0.2, 0) is 14.4 Å². The summed E-state index contributed by atoms with van der Waals surface area (Å²) >= 11 is 0. The van der Waals surface area contributed by atoms with Crippen LogP contribution >= 0.6 is 0 Å². The van der Waals surface area contributed by atoms with Crippen LogP contribution in [0.1, 0.15) is 27.2 Å². The second-order valence-corrected chi connectivity index (χ2v) is 2.31. The van der Waals surface area contributed by atoms with Crippen LogP contribution in [0.15, 0.2) is 5.16 Å². The van der Waals surface area contributed by atoms with Crippen molar-refractivity contribution < 1.29 is 14.4 Å². The largest absolute Gasteiger partial charge is 0.462 e. The molecule has 0 bridgehead atoms. The molecule has 0 aromatic carbocycles. The first kappa shape index (κ1) is 10.9. The smallest absolute Gasteiger partial charge is 0.352 e. The number of nitrogens with zero attached hydrogens (tertiary/aromatic N) is 1. The molecule has 4 heteroatoms. The molecule has 0 radical (unpaired) electrons. The zero-order valence-electron chi connectivity index (χ0n) is 7.74. The van der Waals surface area contributed by atoms with Crippen molar-refractivity contribution in [2.75, 3.05) is 6.61 Å². The van der Waals surface area contributed by atoms with Gasteiger partial charge in [0.05, 0.1) is 6.61 Å². The lowest BCUT2D eigenvalue weighted by molar-refractivity contribution is -0.134. The van der Waals surface area contributed by atoms with Crippen LogP contribution < -0.4 is 0 Å². The Balaban J connectivity index is 3.54. The highest BCUT2D eigenvalue weighted by atomic mass is 16.6. The number of carbonyl (C=O) groups is 1. The van der Waals surface area contributed by atoms with E-state index in [0.717, 1.165) is 12.6 Å². The van der Waals surface area contributed by atoms with E-state index < -0.39 is 5.97 Å². The normalized spacial score (nSPS) is 12.9. The second-order valence-electron chi connectivity index (χ2n) is 2.31. The van der Waals surface area contributed by atoms with Crippen molar-refractivity contribution in [3.8, 4) is 0 Å². The van der Waals surface area contributed by atoms with E-state index in [-0.39, 0.29) is 6.10 Å². The van der Waals surface area contributed by atoms with E-state index in [0.29, 0.717) is 6.61 Å². The van der Waals surface area contributed by atoms with Gasteiger partial charge in [0, 0.05) is 0 Å². The lowest BCUT2D eigenvalue weighted by atomic mass is 10.3. The highest BCUT2D eigenvalue weighted by molar-refractivity contribution is 6.22. The summed E-state index contributed by atoms with van der Waals surface area (Å²) in [6.45, 7) is 5.95. The van der Waals surface area contributed by atoms with E-state index in [4.69, 9.17) is 4.84 Å². The average molecular weight is 173 g/mol. The summed E-state index contributed by atoms with van der Waals surface area (Å²) in [6, 6.07) is 0. The van der Waals surface area contributed by atoms with Crippen LogP contribution in [0.3, 0.4) is 0 Å². The van der Waals surface area contributed by atoms with Gasteiger partial charge < -0.3 is 9.57 Å². The standard InChI is InChI=1S/C8H15NO3/c1-4-7(3)12-9-6-8(10)11-5-2/h6-7H,4-5H2,1-3H3. The molecule has 1 atom stereocenters. The Morgan fingerprint density at radius 3 is 2.75 bits per heavy atom. The topological polar surface area (TPSA) is 47.9 Å². The molecular weight excluding hydrogens is 158 g/mol. The molecule has 0 aromatic heterocycles. The van der Waals surface area contributed by atoms with Gasteiger partial charge in [-0.3, -0.25) is 0 Å². The molecular formula is C8H15NO3. The first-order valence-electron chi connectivity index (χ1n) is 4.06. The van der Waals surface area contributed by atoms with E-state index in [1.807, 2.05) is 13.8 Å². The third kappa shape index (κ3) is 5.70. The highest BCUT2D eigenvalue weighted by Crippen LogP contribution is 1.94. The minimum absolute atomic E-state index is 0.0377. The van der Waals surface area contributed by atoms with Gasteiger partial charge in [-0.15, -0.1) is 0 Å². The molecule has 0 heterocycles. The number of esters is 1. The van der Waals surface area contributed by atoms with Crippen LogP contribution in [0, 0.1) is 0 Å². The summed E-state index contributed by atoms with van der Waals surface area (Å²) in [6.07, 6.45) is 1.94. The molecule has 0 aliphatic heterocycles. The SMILES string of the molecule is CCOC(=O)C=NOC(C)CC. The van der Waals surface area contributed by atoms with Crippen LogP contribution in [-0.4, -0.2) is 24.9 Å². The Morgan fingerprint density at radius 1 is 1.58 bits per heavy atom. The third-order valence-corrected chi connectivity index (χ3v) is 1.26. The average Bonchev–Trinajstić information content (AvgIpc) is 2.04. The number of oxime groups is 1. The lowest BCUT2D eigenvalue weighted by Gasteiger charge is -2.04. The minimum Gasteiger partial charge on any atom is -0.462 e.